The molecule has 0 atom stereocenters. The maximum atomic E-state index is 5.17. The van der Waals surface area contributed by atoms with Crippen LogP contribution in [0.4, 0.5) is 0 Å². The molecule has 0 saturated heterocycles. The fourth-order valence-corrected chi connectivity index (χ4v) is 17.3. The maximum absolute atomic E-state index is 5.17. The SMILES string of the molecule is CCC[CH2][Sn](/[CH]=C/CCOC)([CH2]CCC)[CH2]CCC. The molecule has 0 spiro atoms. The summed E-state index contributed by atoms with van der Waals surface area (Å²) in [4.78, 5) is 0. The van der Waals surface area contributed by atoms with Crippen molar-refractivity contribution in [2.75, 3.05) is 13.7 Å². The van der Waals surface area contributed by atoms with Crippen molar-refractivity contribution in [3.8, 4) is 0 Å². The van der Waals surface area contributed by atoms with Crippen molar-refractivity contribution in [3.63, 3.8) is 0 Å². The summed E-state index contributed by atoms with van der Waals surface area (Å²) in [6.07, 6.45) is 12.0. The van der Waals surface area contributed by atoms with Gasteiger partial charge in [-0.3, -0.25) is 0 Å². The first-order valence-corrected chi connectivity index (χ1v) is 16.1. The van der Waals surface area contributed by atoms with E-state index in [-0.39, 0.29) is 0 Å². The molecule has 0 bridgehead atoms. The standard InChI is InChI=1S/C5H9O.3C4H9.Sn/c1-3-4-5-6-2;3*1-3-4-2;/h1,3H,4-5H2,2H3;3*1,3-4H2,2H3;. The van der Waals surface area contributed by atoms with Crippen LogP contribution in [0.2, 0.25) is 13.3 Å². The van der Waals surface area contributed by atoms with E-state index >= 15 is 0 Å². The first-order valence-electron chi connectivity index (χ1n) is 8.41. The van der Waals surface area contributed by atoms with Gasteiger partial charge in [0.2, 0.25) is 0 Å². The van der Waals surface area contributed by atoms with Gasteiger partial charge >= 0.3 is 126 Å². The molecule has 0 aliphatic heterocycles. The zero-order chi connectivity index (χ0) is 14.4. The van der Waals surface area contributed by atoms with Crippen LogP contribution in [0.3, 0.4) is 0 Å². The first-order chi connectivity index (χ1) is 9.24. The summed E-state index contributed by atoms with van der Waals surface area (Å²) < 4.78 is 12.7. The molecule has 0 heterocycles. The summed E-state index contributed by atoms with van der Waals surface area (Å²) in [6, 6.07) is 0. The minimum absolute atomic E-state index is 0.883. The van der Waals surface area contributed by atoms with Crippen molar-refractivity contribution in [2.24, 2.45) is 0 Å². The molecule has 0 N–H and O–H groups in total. The van der Waals surface area contributed by atoms with Gasteiger partial charge < -0.3 is 0 Å². The van der Waals surface area contributed by atoms with E-state index in [0.717, 1.165) is 13.0 Å². The minimum atomic E-state index is -1.97. The van der Waals surface area contributed by atoms with Gasteiger partial charge in [0.25, 0.3) is 0 Å². The van der Waals surface area contributed by atoms with Crippen LogP contribution >= 0.6 is 0 Å². The number of rotatable bonds is 13. The quantitative estimate of drug-likeness (QED) is 0.285. The van der Waals surface area contributed by atoms with Gasteiger partial charge in [-0.15, -0.1) is 0 Å². The van der Waals surface area contributed by atoms with Crippen molar-refractivity contribution in [2.45, 2.75) is 79.0 Å². The van der Waals surface area contributed by atoms with Crippen molar-refractivity contribution >= 4 is 18.4 Å². The van der Waals surface area contributed by atoms with E-state index in [1.165, 1.54) is 38.5 Å². The number of hydrogen-bond donors (Lipinski definition) is 0. The zero-order valence-corrected chi connectivity index (χ0v) is 16.7. The van der Waals surface area contributed by atoms with Crippen LogP contribution in [0.5, 0.6) is 0 Å². The average Bonchev–Trinajstić information content (AvgIpc) is 2.44. The topological polar surface area (TPSA) is 9.23 Å². The average molecular weight is 375 g/mol. The molecular formula is C17H36OSn. The molecule has 19 heavy (non-hydrogen) atoms. The van der Waals surface area contributed by atoms with E-state index in [2.05, 4.69) is 30.9 Å². The summed E-state index contributed by atoms with van der Waals surface area (Å²) in [5.74, 6) is 0. The van der Waals surface area contributed by atoms with Crippen LogP contribution in [0.15, 0.2) is 10.2 Å². The fourth-order valence-electron chi connectivity index (χ4n) is 2.73. The molecule has 0 aliphatic carbocycles. The normalized spacial score (nSPS) is 12.4. The van der Waals surface area contributed by atoms with Crippen LogP contribution in [0.1, 0.15) is 65.7 Å². The van der Waals surface area contributed by atoms with Crippen molar-refractivity contribution in [3.05, 3.63) is 10.2 Å². The molecule has 0 unspecified atom stereocenters. The first kappa shape index (κ1) is 19.5. The Balaban J connectivity index is 4.60. The molecule has 114 valence electrons. The molecule has 0 aromatic carbocycles. The number of ether oxygens (including phenoxy) is 1. The Labute approximate surface area is 126 Å². The summed E-state index contributed by atoms with van der Waals surface area (Å²) in [5, 5.41) is 0. The summed E-state index contributed by atoms with van der Waals surface area (Å²) >= 11 is -1.97. The van der Waals surface area contributed by atoms with Gasteiger partial charge in [-0.05, 0) is 0 Å². The monoisotopic (exact) mass is 376 g/mol. The molecule has 0 aromatic heterocycles. The van der Waals surface area contributed by atoms with E-state index in [4.69, 9.17) is 4.74 Å². The van der Waals surface area contributed by atoms with E-state index in [1.807, 2.05) is 0 Å². The number of unbranched alkanes of at least 4 members (excludes halogenated alkanes) is 3. The van der Waals surface area contributed by atoms with Gasteiger partial charge in [-0.1, -0.05) is 0 Å². The Morgan fingerprint density at radius 3 is 1.68 bits per heavy atom. The van der Waals surface area contributed by atoms with E-state index in [0.29, 0.717) is 0 Å². The van der Waals surface area contributed by atoms with Crippen molar-refractivity contribution in [1.29, 1.82) is 0 Å². The van der Waals surface area contributed by atoms with Crippen molar-refractivity contribution in [1.82, 2.24) is 0 Å². The Hall–Kier alpha value is 0.499. The molecule has 0 aromatic rings. The van der Waals surface area contributed by atoms with Crippen LogP contribution in [0, 0.1) is 0 Å². The van der Waals surface area contributed by atoms with Crippen LogP contribution in [0.25, 0.3) is 0 Å². The molecule has 0 radical (unpaired) electrons. The predicted octanol–water partition coefficient (Wildman–Crippen LogP) is 5.97. The molecular weight excluding hydrogens is 339 g/mol. The Kier molecular flexibility index (Phi) is 13.8. The third-order valence-electron chi connectivity index (χ3n) is 4.04. The Morgan fingerprint density at radius 1 is 0.842 bits per heavy atom. The van der Waals surface area contributed by atoms with E-state index in [9.17, 15) is 0 Å². The summed E-state index contributed by atoms with van der Waals surface area (Å²) in [5.41, 5.74) is 0. The van der Waals surface area contributed by atoms with Crippen molar-refractivity contribution < 1.29 is 4.74 Å². The second-order valence-electron chi connectivity index (χ2n) is 5.86. The molecule has 0 amide bonds. The Bertz CT molecular complexity index is 192. The van der Waals surface area contributed by atoms with Gasteiger partial charge in [0, 0.05) is 0 Å². The molecule has 0 fully saturated rings. The molecule has 0 aliphatic rings. The second-order valence-corrected chi connectivity index (χ2v) is 18.9. The van der Waals surface area contributed by atoms with E-state index < -0.39 is 18.4 Å². The fraction of sp³-hybridized carbons (Fsp3) is 0.882. The predicted molar refractivity (Wildman–Crippen MR) is 90.5 cm³/mol. The third-order valence-corrected chi connectivity index (χ3v) is 18.3. The molecule has 1 nitrogen and oxygen atoms in total. The molecule has 0 saturated carbocycles. The zero-order valence-electron chi connectivity index (χ0n) is 13.8. The molecule has 0 rings (SSSR count). The Morgan fingerprint density at radius 2 is 1.32 bits per heavy atom. The number of methoxy groups -OCH3 is 1. The van der Waals surface area contributed by atoms with Crippen LogP contribution < -0.4 is 0 Å². The number of hydrogen-bond acceptors (Lipinski definition) is 1. The second kappa shape index (κ2) is 13.5. The molecule has 2 heteroatoms. The van der Waals surface area contributed by atoms with Gasteiger partial charge in [0.05, 0.1) is 0 Å². The van der Waals surface area contributed by atoms with Crippen LogP contribution in [-0.2, 0) is 4.74 Å². The summed E-state index contributed by atoms with van der Waals surface area (Å²) in [7, 11) is 1.80. The van der Waals surface area contributed by atoms with E-state index in [1.54, 1.807) is 20.4 Å². The van der Waals surface area contributed by atoms with Gasteiger partial charge in [-0.25, -0.2) is 0 Å². The third kappa shape index (κ3) is 9.95. The summed E-state index contributed by atoms with van der Waals surface area (Å²) in [6.45, 7) is 7.90. The van der Waals surface area contributed by atoms with Crippen LogP contribution in [-0.4, -0.2) is 32.1 Å². The van der Waals surface area contributed by atoms with Gasteiger partial charge in [0.1, 0.15) is 0 Å². The van der Waals surface area contributed by atoms with Gasteiger partial charge in [0.15, 0.2) is 0 Å². The van der Waals surface area contributed by atoms with Gasteiger partial charge in [-0.2, -0.15) is 0 Å².